The van der Waals surface area contributed by atoms with Gasteiger partial charge in [0.2, 0.25) is 0 Å². The largest absolute Gasteiger partial charge is 0.400 e. The molecule has 0 amide bonds. The number of rotatable bonds is 9. The molecular weight excluding hydrogens is 399 g/mol. The lowest BCUT2D eigenvalue weighted by atomic mass is 10.1. The van der Waals surface area contributed by atoms with Crippen molar-refractivity contribution in [3.05, 3.63) is 35.4 Å². The van der Waals surface area contributed by atoms with Gasteiger partial charge >= 0.3 is 0 Å². The van der Waals surface area contributed by atoms with Crippen molar-refractivity contribution in [2.75, 3.05) is 47.8 Å². The molecule has 2 N–H and O–H groups in total. The molecule has 30 heavy (non-hydrogen) atoms. The lowest BCUT2D eigenvalue weighted by Gasteiger charge is -2.13. The van der Waals surface area contributed by atoms with Gasteiger partial charge in [-0.15, -0.1) is 0 Å². The van der Waals surface area contributed by atoms with Crippen molar-refractivity contribution >= 4 is 7.72 Å². The minimum atomic E-state index is -2.19. The highest BCUT2D eigenvalue weighted by atomic mass is 31.2. The summed E-state index contributed by atoms with van der Waals surface area (Å²) >= 11 is 0. The Labute approximate surface area is 188 Å². The third-order valence-corrected chi connectivity index (χ3v) is 5.37. The fourth-order valence-corrected chi connectivity index (χ4v) is 3.43. The molecule has 6 heteroatoms. The van der Waals surface area contributed by atoms with Gasteiger partial charge in [0.15, 0.2) is 0 Å². The standard InChI is InChI=1S/C12H20O2P.C5H12.2C3H8O.CH4O/c1-4-11-6-8-12(9-7-11)10-15(3,13)14-5-2;1-3-5-4-2;2*1-3-4-2;1-2/h6-9,13H,4-5,10H2,1-3H3;3-5H2,1-2H3;2*3H2,1-2H3;2H,1H3/q+1;;;;. The van der Waals surface area contributed by atoms with Crippen LogP contribution in [0.5, 0.6) is 0 Å². The molecule has 1 atom stereocenters. The first kappa shape index (κ1) is 36.8. The van der Waals surface area contributed by atoms with Crippen molar-refractivity contribution in [1.29, 1.82) is 0 Å². The molecule has 1 aromatic rings. The Hall–Kier alpha value is -0.550. The highest BCUT2D eigenvalue weighted by Crippen LogP contribution is 2.54. The Kier molecular flexibility index (Phi) is 37.6. The van der Waals surface area contributed by atoms with Crippen molar-refractivity contribution in [2.45, 2.75) is 73.4 Å². The van der Waals surface area contributed by atoms with Gasteiger partial charge in [-0.3, -0.25) is 0 Å². The van der Waals surface area contributed by atoms with Gasteiger partial charge in [-0.25, -0.2) is 9.42 Å². The second kappa shape index (κ2) is 30.6. The minimum absolute atomic E-state index is 0.577. The van der Waals surface area contributed by atoms with Crippen LogP contribution < -0.4 is 0 Å². The predicted molar refractivity (Wildman–Crippen MR) is 135 cm³/mol. The zero-order chi connectivity index (χ0) is 24.3. The van der Waals surface area contributed by atoms with E-state index in [1.807, 2.05) is 27.4 Å². The molecule has 0 aromatic heterocycles. The number of hydrogen-bond acceptors (Lipinski definition) is 5. The SMILES string of the molecule is CCCCC.CCOC.CCOC.CCO[P+](C)(O)Cc1ccc(CC)cc1.CO. The van der Waals surface area contributed by atoms with E-state index in [9.17, 15) is 4.89 Å². The second-order valence-electron chi connectivity index (χ2n) is 6.31. The summed E-state index contributed by atoms with van der Waals surface area (Å²) < 4.78 is 14.4. The normalized spacial score (nSPS) is 11.1. The van der Waals surface area contributed by atoms with Gasteiger partial charge in [-0.1, -0.05) is 64.3 Å². The minimum Gasteiger partial charge on any atom is -0.400 e. The van der Waals surface area contributed by atoms with Gasteiger partial charge in [0.05, 0.1) is 6.61 Å². The van der Waals surface area contributed by atoms with Crippen molar-refractivity contribution in [1.82, 2.24) is 0 Å². The van der Waals surface area contributed by atoms with Gasteiger partial charge in [-0.2, -0.15) is 0 Å². The summed E-state index contributed by atoms with van der Waals surface area (Å²) in [6.07, 6.45) is 5.77. The molecule has 5 nitrogen and oxygen atoms in total. The molecule has 0 fully saturated rings. The number of hydrogen-bond donors (Lipinski definition) is 2. The zero-order valence-electron chi connectivity index (χ0n) is 21.5. The lowest BCUT2D eigenvalue weighted by Crippen LogP contribution is -1.99. The smallest absolute Gasteiger partial charge is 0.272 e. The van der Waals surface area contributed by atoms with Crippen molar-refractivity contribution < 1.29 is 24.0 Å². The molecule has 0 aliphatic carbocycles. The maximum absolute atomic E-state index is 9.98. The van der Waals surface area contributed by atoms with Crippen LogP contribution in [0.3, 0.4) is 0 Å². The fourth-order valence-electron chi connectivity index (χ4n) is 1.90. The van der Waals surface area contributed by atoms with Crippen molar-refractivity contribution in [3.63, 3.8) is 0 Å². The van der Waals surface area contributed by atoms with E-state index in [2.05, 4.69) is 54.5 Å². The molecule has 0 bridgehead atoms. The van der Waals surface area contributed by atoms with Gasteiger partial charge in [0, 0.05) is 34.5 Å². The summed E-state index contributed by atoms with van der Waals surface area (Å²) in [5, 5.41) is 7.00. The van der Waals surface area contributed by atoms with Gasteiger partial charge in [0.25, 0.3) is 7.72 Å². The Morgan fingerprint density at radius 3 is 1.33 bits per heavy atom. The number of aryl methyl sites for hydroxylation is 1. The summed E-state index contributed by atoms with van der Waals surface area (Å²) in [6, 6.07) is 8.38. The topological polar surface area (TPSA) is 68.2 Å². The van der Waals surface area contributed by atoms with E-state index < -0.39 is 7.72 Å². The van der Waals surface area contributed by atoms with E-state index in [1.165, 1.54) is 24.8 Å². The van der Waals surface area contributed by atoms with E-state index >= 15 is 0 Å². The van der Waals surface area contributed by atoms with Gasteiger partial charge in [0.1, 0.15) is 12.8 Å². The molecule has 1 rings (SSSR count). The van der Waals surface area contributed by atoms with Gasteiger partial charge in [-0.05, 0) is 38.3 Å². The first-order valence-corrected chi connectivity index (χ1v) is 13.3. The summed E-state index contributed by atoms with van der Waals surface area (Å²) in [5.41, 5.74) is 2.48. The molecule has 182 valence electrons. The molecule has 1 aromatic carbocycles. The third kappa shape index (κ3) is 32.1. The molecule has 0 heterocycles. The van der Waals surface area contributed by atoms with Crippen LogP contribution in [0.15, 0.2) is 24.3 Å². The molecular formula is C24H52O5P+. The average molecular weight is 452 g/mol. The number of benzene rings is 1. The number of unbranched alkanes of at least 4 members (excludes halogenated alkanes) is 2. The Bertz CT molecular complexity index is 387. The van der Waals surface area contributed by atoms with Crippen LogP contribution in [-0.4, -0.2) is 57.8 Å². The predicted octanol–water partition coefficient (Wildman–Crippen LogP) is 6.37. The highest BCUT2D eigenvalue weighted by Gasteiger charge is 2.30. The highest BCUT2D eigenvalue weighted by molar-refractivity contribution is 7.64. The Balaban J connectivity index is -0.000000185. The monoisotopic (exact) mass is 451 g/mol. The van der Waals surface area contributed by atoms with Crippen molar-refractivity contribution in [3.8, 4) is 0 Å². The van der Waals surface area contributed by atoms with E-state index in [4.69, 9.17) is 9.63 Å². The van der Waals surface area contributed by atoms with Crippen LogP contribution in [0, 0.1) is 0 Å². The van der Waals surface area contributed by atoms with E-state index in [1.54, 1.807) is 14.2 Å². The molecule has 0 spiro atoms. The lowest BCUT2D eigenvalue weighted by molar-refractivity contribution is 0.215. The van der Waals surface area contributed by atoms with E-state index in [0.717, 1.165) is 32.3 Å². The van der Waals surface area contributed by atoms with Crippen LogP contribution >= 0.6 is 7.72 Å². The summed E-state index contributed by atoms with van der Waals surface area (Å²) in [6.45, 7) is 16.4. The summed E-state index contributed by atoms with van der Waals surface area (Å²) in [7, 11) is 2.17. The third-order valence-electron chi connectivity index (χ3n) is 3.60. The second-order valence-corrected chi connectivity index (χ2v) is 8.98. The number of methoxy groups -OCH3 is 2. The maximum Gasteiger partial charge on any atom is 0.272 e. The molecule has 0 radical (unpaired) electrons. The molecule has 0 aliphatic heterocycles. The van der Waals surface area contributed by atoms with Crippen LogP contribution in [0.4, 0.5) is 0 Å². The maximum atomic E-state index is 9.98. The first-order chi connectivity index (χ1) is 14.3. The van der Waals surface area contributed by atoms with Crippen LogP contribution in [-0.2, 0) is 26.6 Å². The Morgan fingerprint density at radius 1 is 0.733 bits per heavy atom. The number of aliphatic hydroxyl groups excluding tert-OH is 1. The number of ether oxygens (including phenoxy) is 2. The van der Waals surface area contributed by atoms with Crippen molar-refractivity contribution in [2.24, 2.45) is 0 Å². The van der Waals surface area contributed by atoms with E-state index in [0.29, 0.717) is 12.8 Å². The van der Waals surface area contributed by atoms with Crippen LogP contribution in [0.25, 0.3) is 0 Å². The van der Waals surface area contributed by atoms with E-state index in [-0.39, 0.29) is 0 Å². The molecule has 0 saturated heterocycles. The fraction of sp³-hybridized carbons (Fsp3) is 0.750. The average Bonchev–Trinajstić information content (AvgIpc) is 2.76. The molecule has 0 saturated carbocycles. The van der Waals surface area contributed by atoms with Crippen LogP contribution in [0.1, 0.15) is 71.9 Å². The number of aliphatic hydroxyl groups is 1. The first-order valence-electron chi connectivity index (χ1n) is 11.0. The van der Waals surface area contributed by atoms with Gasteiger partial charge < -0.3 is 14.6 Å². The summed E-state index contributed by atoms with van der Waals surface area (Å²) in [5.74, 6) is 0. The Morgan fingerprint density at radius 2 is 1.10 bits per heavy atom. The quantitative estimate of drug-likeness (QED) is 0.427. The van der Waals surface area contributed by atoms with Crippen LogP contribution in [0.2, 0.25) is 0 Å². The summed E-state index contributed by atoms with van der Waals surface area (Å²) in [4.78, 5) is 9.98. The zero-order valence-corrected chi connectivity index (χ0v) is 22.4. The molecule has 1 unspecified atom stereocenters. The molecule has 0 aliphatic rings.